The molecular weight excluding hydrogens is 204 g/mol. The Morgan fingerprint density at radius 1 is 1.12 bits per heavy atom. The van der Waals surface area contributed by atoms with Gasteiger partial charge in [0.05, 0.1) is 8.85 Å². The van der Waals surface area contributed by atoms with Crippen molar-refractivity contribution in [2.45, 2.75) is 58.8 Å². The van der Waals surface area contributed by atoms with Crippen LogP contribution in [0.3, 0.4) is 0 Å². The summed E-state index contributed by atoms with van der Waals surface area (Å²) in [7, 11) is 0. The van der Waals surface area contributed by atoms with Crippen molar-refractivity contribution < 1.29 is 17.3 Å². The summed E-state index contributed by atoms with van der Waals surface area (Å²) < 4.78 is 26.1. The lowest BCUT2D eigenvalue weighted by molar-refractivity contribution is -0.104. The van der Waals surface area contributed by atoms with Gasteiger partial charge in [0, 0.05) is 13.2 Å². The van der Waals surface area contributed by atoms with Crippen molar-refractivity contribution >= 4 is 0 Å². The zero-order valence-corrected chi connectivity index (χ0v) is 10.7. The Bertz CT molecular complexity index is 238. The topological polar surface area (TPSA) is 38.7 Å². The lowest BCUT2D eigenvalue weighted by atomic mass is 10.1. The number of aliphatic hydroxyl groups excluding tert-OH is 1. The second-order valence-electron chi connectivity index (χ2n) is 3.54. The van der Waals surface area contributed by atoms with Gasteiger partial charge in [-0.2, -0.15) is 0 Å². The van der Waals surface area contributed by atoms with E-state index in [2.05, 4.69) is 6.92 Å². The first-order valence-corrected chi connectivity index (χ1v) is 6.16. The minimum absolute atomic E-state index is 0.0808. The molecule has 1 unspecified atom stereocenters. The number of hydrogen-bond acceptors (Lipinski definition) is 3. The first-order valence-electron chi connectivity index (χ1n) is 7.16. The summed E-state index contributed by atoms with van der Waals surface area (Å²) in [5.41, 5.74) is 0. The first kappa shape index (κ1) is 12.1. The molecule has 0 fully saturated rings. The van der Waals surface area contributed by atoms with Crippen molar-refractivity contribution in [1.82, 2.24) is 0 Å². The van der Waals surface area contributed by atoms with Gasteiger partial charge in [0.15, 0.2) is 6.29 Å². The Kier molecular flexibility index (Phi) is 8.40. The SMILES string of the molecule is [2H]/C(=C(/[2H])C(OCC)OCC)C(O)CCCCC. The van der Waals surface area contributed by atoms with E-state index in [1.54, 1.807) is 13.8 Å². The zero-order valence-electron chi connectivity index (χ0n) is 12.7. The normalized spacial score (nSPS) is 16.8. The van der Waals surface area contributed by atoms with Crippen molar-refractivity contribution in [3.8, 4) is 0 Å². The lowest BCUT2D eigenvalue weighted by Gasteiger charge is -2.13. The summed E-state index contributed by atoms with van der Waals surface area (Å²) in [6.45, 7) is 6.51. The van der Waals surface area contributed by atoms with Gasteiger partial charge in [-0.1, -0.05) is 32.2 Å². The fraction of sp³-hybridized carbons (Fsp3) is 0.846. The van der Waals surface area contributed by atoms with Crippen LogP contribution >= 0.6 is 0 Å². The van der Waals surface area contributed by atoms with Crippen LogP contribution in [-0.2, 0) is 9.47 Å². The number of rotatable bonds is 10. The van der Waals surface area contributed by atoms with Crippen molar-refractivity contribution in [1.29, 1.82) is 0 Å². The third-order valence-corrected chi connectivity index (χ3v) is 2.08. The highest BCUT2D eigenvalue weighted by atomic mass is 16.7. The smallest absolute Gasteiger partial charge is 0.176 e. The highest BCUT2D eigenvalue weighted by Gasteiger charge is 2.04. The molecule has 3 nitrogen and oxygen atoms in total. The fourth-order valence-corrected chi connectivity index (χ4v) is 1.26. The van der Waals surface area contributed by atoms with Crippen LogP contribution in [0.4, 0.5) is 0 Å². The minimum Gasteiger partial charge on any atom is -0.389 e. The van der Waals surface area contributed by atoms with E-state index >= 15 is 0 Å². The predicted molar refractivity (Wildman–Crippen MR) is 66.3 cm³/mol. The molecule has 0 spiro atoms. The second-order valence-corrected chi connectivity index (χ2v) is 3.54. The standard InChI is InChI=1S/C13H26O3/c1-4-7-8-9-12(14)10-11-13(15-5-2)16-6-3/h10-14H,4-9H2,1-3H3/b11-10+/i10D,11D. The molecule has 0 aliphatic rings. The maximum atomic E-state index is 9.82. The number of ether oxygens (including phenoxy) is 2. The maximum Gasteiger partial charge on any atom is 0.176 e. The summed E-state index contributed by atoms with van der Waals surface area (Å²) in [5.74, 6) is 0. The molecule has 0 amide bonds. The van der Waals surface area contributed by atoms with Gasteiger partial charge in [-0.25, -0.2) is 0 Å². The van der Waals surface area contributed by atoms with E-state index in [9.17, 15) is 5.11 Å². The number of aliphatic hydroxyl groups is 1. The summed E-state index contributed by atoms with van der Waals surface area (Å²) >= 11 is 0. The highest BCUT2D eigenvalue weighted by molar-refractivity contribution is 4.91. The largest absolute Gasteiger partial charge is 0.389 e. The number of unbranched alkanes of at least 4 members (excludes halogenated alkanes) is 2. The van der Waals surface area contributed by atoms with Crippen LogP contribution in [0, 0.1) is 0 Å². The Hall–Kier alpha value is -0.380. The molecule has 0 aromatic rings. The van der Waals surface area contributed by atoms with E-state index in [1.807, 2.05) is 0 Å². The highest BCUT2D eigenvalue weighted by Crippen LogP contribution is 2.06. The van der Waals surface area contributed by atoms with Crippen molar-refractivity contribution in [2.75, 3.05) is 13.2 Å². The van der Waals surface area contributed by atoms with Crippen LogP contribution in [0.5, 0.6) is 0 Å². The van der Waals surface area contributed by atoms with Gasteiger partial charge >= 0.3 is 0 Å². The molecule has 0 aromatic heterocycles. The van der Waals surface area contributed by atoms with Gasteiger partial charge in [0.2, 0.25) is 0 Å². The Morgan fingerprint density at radius 3 is 2.25 bits per heavy atom. The summed E-state index contributed by atoms with van der Waals surface area (Å²) in [6.07, 6.45) is 1.73. The van der Waals surface area contributed by atoms with Gasteiger partial charge in [-0.05, 0) is 26.3 Å². The van der Waals surface area contributed by atoms with E-state index in [0.29, 0.717) is 19.6 Å². The van der Waals surface area contributed by atoms with Crippen LogP contribution in [0.2, 0.25) is 0 Å². The van der Waals surface area contributed by atoms with Crippen LogP contribution in [0.1, 0.15) is 49.2 Å². The summed E-state index contributed by atoms with van der Waals surface area (Å²) in [6, 6.07) is -0.180. The van der Waals surface area contributed by atoms with E-state index in [4.69, 9.17) is 12.2 Å². The molecule has 1 N–H and O–H groups in total. The van der Waals surface area contributed by atoms with E-state index in [1.165, 1.54) is 0 Å². The Labute approximate surface area is 102 Å². The Balaban J connectivity index is 4.51. The third-order valence-electron chi connectivity index (χ3n) is 2.08. The molecule has 0 heterocycles. The van der Waals surface area contributed by atoms with E-state index in [0.717, 1.165) is 19.3 Å². The quantitative estimate of drug-likeness (QED) is 0.357. The van der Waals surface area contributed by atoms with Crippen LogP contribution in [-0.4, -0.2) is 30.7 Å². The van der Waals surface area contributed by atoms with E-state index < -0.39 is 12.4 Å². The third kappa shape index (κ3) is 8.89. The molecule has 16 heavy (non-hydrogen) atoms. The molecule has 0 saturated heterocycles. The van der Waals surface area contributed by atoms with Gasteiger partial charge in [-0.3, -0.25) is 0 Å². The van der Waals surface area contributed by atoms with Crippen molar-refractivity contribution in [3.05, 3.63) is 12.1 Å². The molecule has 1 atom stereocenters. The van der Waals surface area contributed by atoms with Crippen LogP contribution in [0.25, 0.3) is 0 Å². The second kappa shape index (κ2) is 11.1. The fourth-order valence-electron chi connectivity index (χ4n) is 1.26. The molecule has 0 rings (SSSR count). The number of hydrogen-bond donors (Lipinski definition) is 1. The molecule has 0 aliphatic heterocycles. The molecule has 3 heteroatoms. The predicted octanol–water partition coefficient (Wildman–Crippen LogP) is 2.88. The maximum absolute atomic E-state index is 9.82. The average Bonchev–Trinajstić information content (AvgIpc) is 2.37. The van der Waals surface area contributed by atoms with Crippen molar-refractivity contribution in [2.24, 2.45) is 0 Å². The minimum atomic E-state index is -0.896. The average molecular weight is 232 g/mol. The van der Waals surface area contributed by atoms with Crippen LogP contribution in [0.15, 0.2) is 12.1 Å². The molecule has 0 aromatic carbocycles. The molecule has 0 bridgehead atoms. The van der Waals surface area contributed by atoms with E-state index in [-0.39, 0.29) is 12.1 Å². The molecule has 96 valence electrons. The molecule has 0 radical (unpaired) electrons. The Morgan fingerprint density at radius 2 is 1.75 bits per heavy atom. The van der Waals surface area contributed by atoms with Gasteiger partial charge in [0.1, 0.15) is 0 Å². The van der Waals surface area contributed by atoms with Gasteiger partial charge in [0.25, 0.3) is 0 Å². The summed E-state index contributed by atoms with van der Waals surface area (Å²) in [4.78, 5) is 0. The first-order chi connectivity index (χ1) is 8.58. The summed E-state index contributed by atoms with van der Waals surface area (Å²) in [5, 5.41) is 9.82. The lowest BCUT2D eigenvalue weighted by Crippen LogP contribution is -2.15. The van der Waals surface area contributed by atoms with Crippen molar-refractivity contribution in [3.63, 3.8) is 0 Å². The van der Waals surface area contributed by atoms with Crippen LogP contribution < -0.4 is 0 Å². The molecular formula is C13H26O3. The molecule has 0 aliphatic carbocycles. The molecule has 0 saturated carbocycles. The van der Waals surface area contributed by atoms with Gasteiger partial charge < -0.3 is 14.6 Å². The zero-order chi connectivity index (χ0) is 14.0. The van der Waals surface area contributed by atoms with Gasteiger partial charge in [-0.15, -0.1) is 0 Å². The monoisotopic (exact) mass is 232 g/mol.